The van der Waals surface area contributed by atoms with Crippen LogP contribution in [-0.4, -0.2) is 71.1 Å². The van der Waals surface area contributed by atoms with Gasteiger partial charge in [-0.1, -0.05) is 42.5 Å². The topological polar surface area (TPSA) is 99.5 Å². The molecule has 5 rings (SSSR count). The van der Waals surface area contributed by atoms with Gasteiger partial charge in [-0.25, -0.2) is 0 Å². The van der Waals surface area contributed by atoms with Gasteiger partial charge >= 0.3 is 0 Å². The van der Waals surface area contributed by atoms with Gasteiger partial charge in [0, 0.05) is 31.7 Å². The number of aryl methyl sites for hydroxylation is 1. The molecule has 0 bridgehead atoms. The third-order valence-electron chi connectivity index (χ3n) is 7.43. The van der Waals surface area contributed by atoms with Gasteiger partial charge in [-0.3, -0.25) is 14.5 Å². The lowest BCUT2D eigenvalue weighted by molar-refractivity contribution is -0.140. The standard InChI is InChI=1S/C32H34N2O6/c1-22-20-26(40-21-23-6-3-2-4-7-23)12-13-27(22)30(36)28-29(24-8-10-25(35)11-9-24)34(32(38)31(28)37)15-5-14-33-16-18-39-19-17-33/h2-4,6-13,20,29,35-36H,5,14-19,21H2,1H3/t29-/m0/s1. The molecule has 0 spiro atoms. The first-order chi connectivity index (χ1) is 19.4. The molecule has 0 saturated carbocycles. The number of phenols is 1. The number of amides is 1. The first-order valence-corrected chi connectivity index (χ1v) is 13.6. The number of carbonyl (C=O) groups is 2. The molecule has 2 aliphatic rings. The minimum absolute atomic E-state index is 0.0446. The van der Waals surface area contributed by atoms with Crippen molar-refractivity contribution in [3.8, 4) is 11.5 Å². The van der Waals surface area contributed by atoms with Crippen LogP contribution in [0.4, 0.5) is 0 Å². The molecule has 1 amide bonds. The molecule has 8 nitrogen and oxygen atoms in total. The number of aliphatic hydroxyl groups excluding tert-OH is 1. The van der Waals surface area contributed by atoms with E-state index in [1.54, 1.807) is 24.3 Å². The second kappa shape index (κ2) is 12.4. The molecular weight excluding hydrogens is 508 g/mol. The van der Waals surface area contributed by atoms with Gasteiger partial charge in [0.1, 0.15) is 23.9 Å². The van der Waals surface area contributed by atoms with E-state index in [-0.39, 0.29) is 17.1 Å². The largest absolute Gasteiger partial charge is 0.508 e. The van der Waals surface area contributed by atoms with Gasteiger partial charge in [-0.05, 0) is 60.4 Å². The molecule has 0 aromatic heterocycles. The van der Waals surface area contributed by atoms with Crippen molar-refractivity contribution >= 4 is 17.4 Å². The third-order valence-corrected chi connectivity index (χ3v) is 7.43. The molecular formula is C32H34N2O6. The fourth-order valence-corrected chi connectivity index (χ4v) is 5.28. The molecule has 0 unspecified atom stereocenters. The fraction of sp³-hybridized carbons (Fsp3) is 0.312. The van der Waals surface area contributed by atoms with Crippen molar-refractivity contribution in [2.75, 3.05) is 39.4 Å². The van der Waals surface area contributed by atoms with E-state index in [2.05, 4.69) is 4.90 Å². The molecule has 3 aromatic rings. The van der Waals surface area contributed by atoms with Crippen LogP contribution in [0.2, 0.25) is 0 Å². The van der Waals surface area contributed by atoms with E-state index in [0.29, 0.717) is 55.2 Å². The SMILES string of the molecule is Cc1cc(OCc2ccccc2)ccc1C(O)=C1C(=O)C(=O)N(CCCN2CCOCC2)[C@H]1c1ccc(O)cc1. The number of likely N-dealkylation sites (tertiary alicyclic amines) is 1. The zero-order valence-corrected chi connectivity index (χ0v) is 22.6. The molecule has 0 radical (unpaired) electrons. The van der Waals surface area contributed by atoms with Gasteiger partial charge in [0.25, 0.3) is 11.7 Å². The summed E-state index contributed by atoms with van der Waals surface area (Å²) < 4.78 is 11.3. The van der Waals surface area contributed by atoms with Crippen molar-refractivity contribution < 1.29 is 29.3 Å². The molecule has 40 heavy (non-hydrogen) atoms. The van der Waals surface area contributed by atoms with Crippen LogP contribution in [0.1, 0.15) is 34.7 Å². The minimum atomic E-state index is -0.765. The Balaban J connectivity index is 1.42. The number of aromatic hydroxyl groups is 1. The summed E-state index contributed by atoms with van der Waals surface area (Å²) in [5, 5.41) is 21.3. The summed E-state index contributed by atoms with van der Waals surface area (Å²) in [5.74, 6) is -0.862. The van der Waals surface area contributed by atoms with Gasteiger partial charge < -0.3 is 24.6 Å². The summed E-state index contributed by atoms with van der Waals surface area (Å²) in [4.78, 5) is 30.5. The van der Waals surface area contributed by atoms with Crippen LogP contribution < -0.4 is 4.74 Å². The highest BCUT2D eigenvalue weighted by molar-refractivity contribution is 6.46. The first kappa shape index (κ1) is 27.4. The highest BCUT2D eigenvalue weighted by atomic mass is 16.5. The predicted molar refractivity (Wildman–Crippen MR) is 151 cm³/mol. The smallest absolute Gasteiger partial charge is 0.295 e. The third kappa shape index (κ3) is 6.03. The van der Waals surface area contributed by atoms with Crippen LogP contribution in [-0.2, 0) is 20.9 Å². The van der Waals surface area contributed by atoms with Gasteiger partial charge in [0.15, 0.2) is 0 Å². The fourth-order valence-electron chi connectivity index (χ4n) is 5.28. The maximum absolute atomic E-state index is 13.4. The number of phenolic OH excluding ortho intramolecular Hbond substituents is 1. The quantitative estimate of drug-likeness (QED) is 0.235. The lowest BCUT2D eigenvalue weighted by Crippen LogP contribution is -2.38. The van der Waals surface area contributed by atoms with E-state index < -0.39 is 17.7 Å². The summed E-state index contributed by atoms with van der Waals surface area (Å²) >= 11 is 0. The maximum Gasteiger partial charge on any atom is 0.295 e. The van der Waals surface area contributed by atoms with E-state index in [1.807, 2.05) is 43.3 Å². The number of benzene rings is 3. The van der Waals surface area contributed by atoms with E-state index >= 15 is 0 Å². The van der Waals surface area contributed by atoms with Crippen LogP contribution in [0, 0.1) is 6.92 Å². The molecule has 2 saturated heterocycles. The number of ketones is 1. The number of ether oxygens (including phenoxy) is 2. The average Bonchev–Trinajstić information content (AvgIpc) is 3.22. The maximum atomic E-state index is 13.4. The number of nitrogens with zero attached hydrogens (tertiary/aromatic N) is 2. The summed E-state index contributed by atoms with van der Waals surface area (Å²) in [7, 11) is 0. The number of rotatable bonds is 9. The Morgan fingerprint density at radius 2 is 1.70 bits per heavy atom. The van der Waals surface area contributed by atoms with Crippen molar-refractivity contribution in [2.45, 2.75) is 26.0 Å². The van der Waals surface area contributed by atoms with Gasteiger partial charge in [-0.15, -0.1) is 0 Å². The van der Waals surface area contributed by atoms with Crippen LogP contribution >= 0.6 is 0 Å². The lowest BCUT2D eigenvalue weighted by atomic mass is 9.93. The highest BCUT2D eigenvalue weighted by Gasteiger charge is 2.46. The summed E-state index contributed by atoms with van der Waals surface area (Å²) in [6, 6.07) is 20.7. The van der Waals surface area contributed by atoms with Crippen molar-refractivity contribution in [1.29, 1.82) is 0 Å². The summed E-state index contributed by atoms with van der Waals surface area (Å²) in [6.07, 6.45) is 0.675. The zero-order valence-electron chi connectivity index (χ0n) is 22.6. The molecule has 2 aliphatic heterocycles. The predicted octanol–water partition coefficient (Wildman–Crippen LogP) is 4.42. The monoisotopic (exact) mass is 542 g/mol. The Bertz CT molecular complexity index is 1380. The second-order valence-corrected chi connectivity index (χ2v) is 10.1. The van der Waals surface area contributed by atoms with E-state index in [1.165, 1.54) is 17.0 Å². The summed E-state index contributed by atoms with van der Waals surface area (Å²) in [5.41, 5.74) is 2.90. The Morgan fingerprint density at radius 1 is 0.975 bits per heavy atom. The number of morpholine rings is 1. The summed E-state index contributed by atoms with van der Waals surface area (Å²) in [6.45, 7) is 6.42. The Hall–Kier alpha value is -4.14. The molecule has 2 N–H and O–H groups in total. The van der Waals surface area contributed by atoms with Gasteiger partial charge in [0.2, 0.25) is 0 Å². The van der Waals surface area contributed by atoms with Crippen LogP contribution in [0.5, 0.6) is 11.5 Å². The van der Waals surface area contributed by atoms with Crippen molar-refractivity contribution in [1.82, 2.24) is 9.80 Å². The van der Waals surface area contributed by atoms with Crippen molar-refractivity contribution in [2.24, 2.45) is 0 Å². The number of Topliss-reactive ketones (excluding diaryl/α,β-unsaturated/α-hetero) is 1. The first-order valence-electron chi connectivity index (χ1n) is 13.6. The van der Waals surface area contributed by atoms with E-state index in [4.69, 9.17) is 9.47 Å². The van der Waals surface area contributed by atoms with Crippen LogP contribution in [0.25, 0.3) is 5.76 Å². The van der Waals surface area contributed by atoms with Gasteiger partial charge in [-0.2, -0.15) is 0 Å². The minimum Gasteiger partial charge on any atom is -0.508 e. The normalized spacial score (nSPS) is 19.2. The lowest BCUT2D eigenvalue weighted by Gasteiger charge is -2.29. The Kier molecular flexibility index (Phi) is 8.48. The molecule has 2 fully saturated rings. The number of carbonyl (C=O) groups excluding carboxylic acids is 2. The number of hydrogen-bond donors (Lipinski definition) is 2. The van der Waals surface area contributed by atoms with E-state index in [9.17, 15) is 19.8 Å². The molecule has 1 atom stereocenters. The van der Waals surface area contributed by atoms with Crippen molar-refractivity contribution in [3.63, 3.8) is 0 Å². The number of hydrogen-bond acceptors (Lipinski definition) is 7. The number of aliphatic hydroxyl groups is 1. The molecule has 8 heteroatoms. The average molecular weight is 543 g/mol. The highest BCUT2D eigenvalue weighted by Crippen LogP contribution is 2.40. The van der Waals surface area contributed by atoms with Crippen molar-refractivity contribution in [3.05, 3.63) is 101 Å². The second-order valence-electron chi connectivity index (χ2n) is 10.1. The molecule has 2 heterocycles. The Labute approximate surface area is 234 Å². The van der Waals surface area contributed by atoms with Gasteiger partial charge in [0.05, 0.1) is 24.8 Å². The Morgan fingerprint density at radius 3 is 2.40 bits per heavy atom. The zero-order chi connectivity index (χ0) is 28.1. The molecule has 0 aliphatic carbocycles. The van der Waals surface area contributed by atoms with Crippen LogP contribution in [0.15, 0.2) is 78.4 Å². The molecule has 3 aromatic carbocycles. The van der Waals surface area contributed by atoms with Crippen LogP contribution in [0.3, 0.4) is 0 Å². The molecule has 208 valence electrons. The van der Waals surface area contributed by atoms with E-state index in [0.717, 1.165) is 25.2 Å².